The first kappa shape index (κ1) is 35.3. The van der Waals surface area contributed by atoms with E-state index in [9.17, 15) is 0 Å². The van der Waals surface area contributed by atoms with Crippen molar-refractivity contribution in [3.63, 3.8) is 0 Å². The molecule has 6 N–H and O–H groups in total. The van der Waals surface area contributed by atoms with Gasteiger partial charge in [-0.1, -0.05) is 51.1 Å². The standard InChI is InChI=1S/C38H66N4O3/c1-27(9-8-19-42(4)26-28-10-6-5-7-11-28)31-12-13-32-36-33(25-35(38(31,32)3)45-22-18-41)37(2)15-14-30(43-20-16-39)23-29(37)24-34(36)44-21-17-40/h5-7,10-11,27,29-36H,8-9,12-26,39-41H2,1-4H3/t27-,29-,30+,31+,32-,33-,34+,35-,36-,37-,38+/m0/s1. The highest BCUT2D eigenvalue weighted by atomic mass is 16.5. The Morgan fingerprint density at radius 3 is 2.31 bits per heavy atom. The van der Waals surface area contributed by atoms with Crippen LogP contribution < -0.4 is 17.2 Å². The lowest BCUT2D eigenvalue weighted by Crippen LogP contribution is -2.63. The number of hydrogen-bond acceptors (Lipinski definition) is 7. The Labute approximate surface area is 274 Å². The van der Waals surface area contributed by atoms with Crippen molar-refractivity contribution >= 4 is 0 Å². The molecule has 0 unspecified atom stereocenters. The molecule has 1 aromatic rings. The molecule has 1 aromatic carbocycles. The summed E-state index contributed by atoms with van der Waals surface area (Å²) in [5.74, 6) is 3.69. The Bertz CT molecular complexity index is 1030. The van der Waals surface area contributed by atoms with Crippen LogP contribution in [0.2, 0.25) is 0 Å². The van der Waals surface area contributed by atoms with Gasteiger partial charge < -0.3 is 36.3 Å². The maximum absolute atomic E-state index is 6.87. The predicted octanol–water partition coefficient (Wildman–Crippen LogP) is 5.45. The first-order chi connectivity index (χ1) is 21.8. The van der Waals surface area contributed by atoms with Crippen LogP contribution in [0.1, 0.15) is 84.1 Å². The lowest BCUT2D eigenvalue weighted by Gasteiger charge is -2.64. The van der Waals surface area contributed by atoms with Crippen LogP contribution in [0.4, 0.5) is 0 Å². The molecule has 0 saturated heterocycles. The quantitative estimate of drug-likeness (QED) is 0.224. The van der Waals surface area contributed by atoms with Crippen molar-refractivity contribution in [3.05, 3.63) is 35.9 Å². The van der Waals surface area contributed by atoms with Crippen LogP contribution in [0.5, 0.6) is 0 Å². The van der Waals surface area contributed by atoms with Crippen LogP contribution in [0, 0.1) is 46.3 Å². The van der Waals surface area contributed by atoms with Crippen molar-refractivity contribution in [2.75, 3.05) is 53.0 Å². The minimum Gasteiger partial charge on any atom is -0.377 e. The molecule has 0 spiro atoms. The molecule has 256 valence electrons. The van der Waals surface area contributed by atoms with Gasteiger partial charge in [-0.3, -0.25) is 0 Å². The lowest BCUT2D eigenvalue weighted by atomic mass is 9.43. The molecule has 0 aliphatic heterocycles. The van der Waals surface area contributed by atoms with Crippen LogP contribution in [-0.2, 0) is 20.8 Å². The summed E-state index contributed by atoms with van der Waals surface area (Å²) in [5, 5.41) is 0. The zero-order valence-electron chi connectivity index (χ0n) is 29.0. The Kier molecular flexibility index (Phi) is 12.4. The van der Waals surface area contributed by atoms with Gasteiger partial charge in [-0.15, -0.1) is 0 Å². The predicted molar refractivity (Wildman–Crippen MR) is 184 cm³/mol. The fourth-order valence-corrected chi connectivity index (χ4v) is 11.2. The van der Waals surface area contributed by atoms with Crippen molar-refractivity contribution in [1.29, 1.82) is 0 Å². The minimum atomic E-state index is 0.140. The van der Waals surface area contributed by atoms with Gasteiger partial charge in [0.2, 0.25) is 0 Å². The largest absolute Gasteiger partial charge is 0.377 e. The van der Waals surface area contributed by atoms with E-state index in [0.717, 1.165) is 38.8 Å². The summed E-state index contributed by atoms with van der Waals surface area (Å²) in [4.78, 5) is 2.48. The molecule has 0 heterocycles. The molecule has 45 heavy (non-hydrogen) atoms. The smallest absolute Gasteiger partial charge is 0.0637 e. The van der Waals surface area contributed by atoms with Crippen molar-refractivity contribution in [2.45, 2.75) is 103 Å². The van der Waals surface area contributed by atoms with Crippen molar-refractivity contribution < 1.29 is 14.2 Å². The fraction of sp³-hybridized carbons (Fsp3) is 0.842. The third-order valence-corrected chi connectivity index (χ3v) is 13.3. The Balaban J connectivity index is 1.33. The molecule has 4 saturated carbocycles. The van der Waals surface area contributed by atoms with Gasteiger partial charge in [-0.2, -0.15) is 0 Å². The van der Waals surface area contributed by atoms with E-state index in [4.69, 9.17) is 31.4 Å². The average molecular weight is 627 g/mol. The second-order valence-electron chi connectivity index (χ2n) is 15.8. The zero-order chi connectivity index (χ0) is 32.0. The van der Waals surface area contributed by atoms with E-state index >= 15 is 0 Å². The molecule has 7 nitrogen and oxygen atoms in total. The molecular formula is C38H66N4O3. The summed E-state index contributed by atoms with van der Waals surface area (Å²) in [6, 6.07) is 10.8. The minimum absolute atomic E-state index is 0.140. The molecule has 0 amide bonds. The number of rotatable bonds is 16. The van der Waals surface area contributed by atoms with Gasteiger partial charge in [0.1, 0.15) is 0 Å². The van der Waals surface area contributed by atoms with E-state index in [1.54, 1.807) is 0 Å². The highest BCUT2D eigenvalue weighted by molar-refractivity contribution is 5.16. The molecule has 7 heteroatoms. The van der Waals surface area contributed by atoms with Gasteiger partial charge in [-0.05, 0) is 118 Å². The van der Waals surface area contributed by atoms with E-state index in [0.29, 0.717) is 81.1 Å². The summed E-state index contributed by atoms with van der Waals surface area (Å²) in [6.07, 6.45) is 11.7. The third kappa shape index (κ3) is 7.50. The van der Waals surface area contributed by atoms with Gasteiger partial charge in [0.15, 0.2) is 0 Å². The number of benzene rings is 1. The SMILES string of the molecule is C[C@@H](CCCN(C)Cc1ccccc1)[C@H]1CC[C@H]2[C@@H]3[C@H](OCCN)C[C@@H]4C[C@H](OCCN)CC[C@]4(C)[C@H]3C[C@H](OCCN)[C@]12C. The molecule has 0 bridgehead atoms. The van der Waals surface area contributed by atoms with Gasteiger partial charge in [0.05, 0.1) is 38.1 Å². The van der Waals surface area contributed by atoms with Crippen LogP contribution in [0.25, 0.3) is 0 Å². The van der Waals surface area contributed by atoms with E-state index in [1.165, 1.54) is 37.7 Å². The zero-order valence-corrected chi connectivity index (χ0v) is 29.0. The van der Waals surface area contributed by atoms with Crippen molar-refractivity contribution in [1.82, 2.24) is 4.90 Å². The Morgan fingerprint density at radius 2 is 1.58 bits per heavy atom. The van der Waals surface area contributed by atoms with E-state index in [-0.39, 0.29) is 23.0 Å². The maximum atomic E-state index is 6.87. The van der Waals surface area contributed by atoms with Gasteiger partial charge >= 0.3 is 0 Å². The van der Waals surface area contributed by atoms with E-state index in [2.05, 4.69) is 63.1 Å². The fourth-order valence-electron chi connectivity index (χ4n) is 11.2. The summed E-state index contributed by atoms with van der Waals surface area (Å²) in [7, 11) is 2.26. The third-order valence-electron chi connectivity index (χ3n) is 13.3. The topological polar surface area (TPSA) is 109 Å². The van der Waals surface area contributed by atoms with Crippen molar-refractivity contribution in [2.24, 2.45) is 63.5 Å². The molecule has 11 atom stereocenters. The van der Waals surface area contributed by atoms with Crippen molar-refractivity contribution in [3.8, 4) is 0 Å². The first-order valence-electron chi connectivity index (χ1n) is 18.4. The Morgan fingerprint density at radius 1 is 0.867 bits per heavy atom. The molecule has 4 aliphatic rings. The van der Waals surface area contributed by atoms with Crippen LogP contribution in [0.15, 0.2) is 30.3 Å². The highest BCUT2D eigenvalue weighted by Gasteiger charge is 2.66. The van der Waals surface area contributed by atoms with Gasteiger partial charge in [-0.25, -0.2) is 0 Å². The number of fused-ring (bicyclic) bond motifs is 5. The van der Waals surface area contributed by atoms with Gasteiger partial charge in [0.25, 0.3) is 0 Å². The molecule has 4 aliphatic carbocycles. The summed E-state index contributed by atoms with van der Waals surface area (Å²) < 4.78 is 19.9. The number of ether oxygens (including phenoxy) is 3. The van der Waals surface area contributed by atoms with Gasteiger partial charge in [0, 0.05) is 31.6 Å². The number of hydrogen-bond donors (Lipinski definition) is 3. The monoisotopic (exact) mass is 627 g/mol. The molecule has 5 rings (SSSR count). The summed E-state index contributed by atoms with van der Waals surface area (Å²) >= 11 is 0. The first-order valence-corrected chi connectivity index (χ1v) is 18.4. The average Bonchev–Trinajstić information content (AvgIpc) is 3.40. The lowest BCUT2D eigenvalue weighted by molar-refractivity contribution is -0.226. The normalized spacial score (nSPS) is 38.5. The van der Waals surface area contributed by atoms with E-state index in [1.807, 2.05) is 0 Å². The molecular weight excluding hydrogens is 560 g/mol. The van der Waals surface area contributed by atoms with Crippen LogP contribution >= 0.6 is 0 Å². The highest BCUT2D eigenvalue weighted by Crippen LogP contribution is 2.69. The molecule has 0 aromatic heterocycles. The molecule has 0 radical (unpaired) electrons. The van der Waals surface area contributed by atoms with Crippen LogP contribution in [0.3, 0.4) is 0 Å². The summed E-state index contributed by atoms with van der Waals surface area (Å²) in [6.45, 7) is 13.6. The van der Waals surface area contributed by atoms with Crippen LogP contribution in [-0.4, -0.2) is 76.3 Å². The second kappa shape index (κ2) is 15.9. The van der Waals surface area contributed by atoms with E-state index < -0.39 is 0 Å². The number of nitrogens with two attached hydrogens (primary N) is 3. The number of nitrogens with zero attached hydrogens (tertiary/aromatic N) is 1. The Hall–Kier alpha value is -1.06. The summed E-state index contributed by atoms with van der Waals surface area (Å²) in [5.41, 5.74) is 19.7. The maximum Gasteiger partial charge on any atom is 0.0637 e. The molecule has 4 fully saturated rings. The second-order valence-corrected chi connectivity index (χ2v) is 15.8.